The van der Waals surface area contributed by atoms with Crippen LogP contribution in [0.25, 0.3) is 0 Å². The van der Waals surface area contributed by atoms with Gasteiger partial charge < -0.3 is 14.8 Å². The lowest BCUT2D eigenvalue weighted by Gasteiger charge is -2.31. The fourth-order valence-corrected chi connectivity index (χ4v) is 4.98. The number of nitrogens with one attached hydrogen (secondary N) is 1. The molecule has 0 saturated carbocycles. The summed E-state index contributed by atoms with van der Waals surface area (Å²) in [6.07, 6.45) is 1.18. The Labute approximate surface area is 175 Å². The molecule has 1 unspecified atom stereocenters. The number of carbonyl (C=O) groups excluding carboxylic acids is 1. The van der Waals surface area contributed by atoms with Gasteiger partial charge in [0.1, 0.15) is 5.82 Å². The highest BCUT2D eigenvalue weighted by atomic mass is 32.2. The predicted molar refractivity (Wildman–Crippen MR) is 109 cm³/mol. The molecule has 1 aliphatic heterocycles. The van der Waals surface area contributed by atoms with Gasteiger partial charge in [0.05, 0.1) is 25.0 Å². The summed E-state index contributed by atoms with van der Waals surface area (Å²) in [5, 5.41) is 2.87. The van der Waals surface area contributed by atoms with Crippen LogP contribution in [0, 0.1) is 11.7 Å². The summed E-state index contributed by atoms with van der Waals surface area (Å²) in [6.45, 7) is 0.719. The number of ether oxygens (including phenoxy) is 2. The van der Waals surface area contributed by atoms with Gasteiger partial charge in [0.25, 0.3) is 0 Å². The number of carbonyl (C=O) groups is 1. The Bertz CT molecular complexity index is 995. The minimum absolute atomic E-state index is 0.0234. The zero-order valence-corrected chi connectivity index (χ0v) is 17.7. The zero-order chi connectivity index (χ0) is 21.7. The van der Waals surface area contributed by atoms with E-state index in [4.69, 9.17) is 9.47 Å². The largest absolute Gasteiger partial charge is 0.493 e. The fraction of sp³-hybridized carbons (Fsp3) is 0.381. The van der Waals surface area contributed by atoms with Gasteiger partial charge in [-0.1, -0.05) is 6.07 Å². The van der Waals surface area contributed by atoms with E-state index in [0.717, 1.165) is 17.7 Å². The molecule has 1 atom stereocenters. The van der Waals surface area contributed by atoms with Crippen LogP contribution < -0.4 is 14.8 Å². The molecule has 1 heterocycles. The van der Waals surface area contributed by atoms with Crippen molar-refractivity contribution in [2.75, 3.05) is 27.3 Å². The van der Waals surface area contributed by atoms with Crippen LogP contribution in [0.4, 0.5) is 4.39 Å². The smallest absolute Gasteiger partial charge is 0.243 e. The van der Waals surface area contributed by atoms with E-state index in [1.54, 1.807) is 26.4 Å². The molecule has 1 fully saturated rings. The van der Waals surface area contributed by atoms with Crippen molar-refractivity contribution in [3.63, 3.8) is 0 Å². The average molecular weight is 437 g/mol. The van der Waals surface area contributed by atoms with Crippen LogP contribution in [0.3, 0.4) is 0 Å². The molecule has 1 amide bonds. The van der Waals surface area contributed by atoms with Crippen LogP contribution in [-0.2, 0) is 21.4 Å². The number of hydrogen-bond donors (Lipinski definition) is 1. The summed E-state index contributed by atoms with van der Waals surface area (Å²) in [7, 11) is -0.683. The second kappa shape index (κ2) is 9.44. The molecule has 2 aromatic carbocycles. The Morgan fingerprint density at radius 2 is 1.83 bits per heavy atom. The summed E-state index contributed by atoms with van der Waals surface area (Å²) in [5.41, 5.74) is 0.840. The minimum atomic E-state index is -3.77. The molecule has 1 aliphatic rings. The van der Waals surface area contributed by atoms with E-state index in [1.165, 1.54) is 16.4 Å². The SMILES string of the molecule is COc1ccc(CNC(=O)C2CCCN(S(=O)(=O)c3ccc(F)cc3)C2)cc1OC. The van der Waals surface area contributed by atoms with Gasteiger partial charge in [-0.3, -0.25) is 4.79 Å². The first kappa shape index (κ1) is 22.0. The first-order chi connectivity index (χ1) is 14.3. The van der Waals surface area contributed by atoms with Crippen LogP contribution >= 0.6 is 0 Å². The van der Waals surface area contributed by atoms with E-state index in [9.17, 15) is 17.6 Å². The topological polar surface area (TPSA) is 84.9 Å². The summed E-state index contributed by atoms with van der Waals surface area (Å²) in [4.78, 5) is 12.7. The van der Waals surface area contributed by atoms with E-state index >= 15 is 0 Å². The van der Waals surface area contributed by atoms with Crippen LogP contribution in [0.1, 0.15) is 18.4 Å². The van der Waals surface area contributed by atoms with Gasteiger partial charge in [-0.05, 0) is 54.8 Å². The standard InChI is InChI=1S/C21H25FN2O5S/c1-28-19-10-5-15(12-20(19)29-2)13-23-21(25)16-4-3-11-24(14-16)30(26,27)18-8-6-17(22)7-9-18/h5-10,12,16H,3-4,11,13-14H2,1-2H3,(H,23,25). The Balaban J connectivity index is 1.64. The van der Waals surface area contributed by atoms with Crippen LogP contribution in [0.5, 0.6) is 11.5 Å². The van der Waals surface area contributed by atoms with Crippen LogP contribution in [-0.4, -0.2) is 45.9 Å². The maximum atomic E-state index is 13.1. The summed E-state index contributed by atoms with van der Waals surface area (Å²) >= 11 is 0. The van der Waals surface area contributed by atoms with Crippen molar-refractivity contribution in [3.05, 3.63) is 53.8 Å². The monoisotopic (exact) mass is 436 g/mol. The fourth-order valence-electron chi connectivity index (χ4n) is 3.45. The number of benzene rings is 2. The molecule has 0 spiro atoms. The van der Waals surface area contributed by atoms with Crippen molar-refractivity contribution in [1.82, 2.24) is 9.62 Å². The number of nitrogens with zero attached hydrogens (tertiary/aromatic N) is 1. The molecule has 30 heavy (non-hydrogen) atoms. The molecule has 0 aliphatic carbocycles. The van der Waals surface area contributed by atoms with E-state index in [2.05, 4.69) is 5.32 Å². The maximum absolute atomic E-state index is 13.1. The lowest BCUT2D eigenvalue weighted by Crippen LogP contribution is -2.45. The van der Waals surface area contributed by atoms with E-state index in [1.807, 2.05) is 6.07 Å². The first-order valence-electron chi connectivity index (χ1n) is 9.59. The molecule has 1 saturated heterocycles. The summed E-state index contributed by atoms with van der Waals surface area (Å²) in [5.74, 6) is 0.0119. The quantitative estimate of drug-likeness (QED) is 0.721. The van der Waals surface area contributed by atoms with Crippen molar-refractivity contribution < 1.29 is 27.1 Å². The van der Waals surface area contributed by atoms with Gasteiger partial charge in [-0.2, -0.15) is 4.31 Å². The molecule has 162 valence electrons. The molecule has 0 radical (unpaired) electrons. The Hall–Kier alpha value is -2.65. The number of halogens is 1. The number of methoxy groups -OCH3 is 2. The average Bonchev–Trinajstić information content (AvgIpc) is 2.77. The number of sulfonamides is 1. The predicted octanol–water partition coefficient (Wildman–Crippen LogP) is 2.56. The second-order valence-electron chi connectivity index (χ2n) is 7.06. The van der Waals surface area contributed by atoms with E-state index in [-0.39, 0.29) is 17.3 Å². The van der Waals surface area contributed by atoms with Crippen molar-refractivity contribution in [1.29, 1.82) is 0 Å². The Kier molecular flexibility index (Phi) is 6.94. The normalized spacial score (nSPS) is 17.4. The van der Waals surface area contributed by atoms with Crippen LogP contribution in [0.2, 0.25) is 0 Å². The number of rotatable bonds is 7. The third-order valence-corrected chi connectivity index (χ3v) is 7.00. The molecule has 9 heteroatoms. The van der Waals surface area contributed by atoms with Gasteiger partial charge in [0.15, 0.2) is 11.5 Å². The van der Waals surface area contributed by atoms with E-state index < -0.39 is 21.8 Å². The second-order valence-corrected chi connectivity index (χ2v) is 9.00. The number of hydrogen-bond acceptors (Lipinski definition) is 5. The van der Waals surface area contributed by atoms with Gasteiger partial charge >= 0.3 is 0 Å². The molecular formula is C21H25FN2O5S. The van der Waals surface area contributed by atoms with Crippen molar-refractivity contribution >= 4 is 15.9 Å². The van der Waals surface area contributed by atoms with Crippen molar-refractivity contribution in [2.45, 2.75) is 24.3 Å². The highest BCUT2D eigenvalue weighted by molar-refractivity contribution is 7.89. The molecule has 1 N–H and O–H groups in total. The van der Waals surface area contributed by atoms with Gasteiger partial charge in [0, 0.05) is 19.6 Å². The lowest BCUT2D eigenvalue weighted by atomic mass is 9.98. The number of piperidine rings is 1. The highest BCUT2D eigenvalue weighted by Gasteiger charge is 2.33. The molecule has 0 aromatic heterocycles. The van der Waals surface area contributed by atoms with Crippen LogP contribution in [0.15, 0.2) is 47.4 Å². The highest BCUT2D eigenvalue weighted by Crippen LogP contribution is 2.28. The van der Waals surface area contributed by atoms with Crippen molar-refractivity contribution in [3.8, 4) is 11.5 Å². The molecule has 3 rings (SSSR count). The van der Waals surface area contributed by atoms with Crippen molar-refractivity contribution in [2.24, 2.45) is 5.92 Å². The summed E-state index contributed by atoms with van der Waals surface area (Å²) < 4.78 is 50.5. The molecular weight excluding hydrogens is 411 g/mol. The maximum Gasteiger partial charge on any atom is 0.243 e. The van der Waals surface area contributed by atoms with Gasteiger partial charge in [0.2, 0.25) is 15.9 Å². The van der Waals surface area contributed by atoms with Gasteiger partial charge in [-0.15, -0.1) is 0 Å². The Morgan fingerprint density at radius 3 is 2.50 bits per heavy atom. The zero-order valence-electron chi connectivity index (χ0n) is 16.9. The summed E-state index contributed by atoms with van der Waals surface area (Å²) in [6, 6.07) is 10.1. The third kappa shape index (κ3) is 4.91. The number of amides is 1. The van der Waals surface area contributed by atoms with E-state index in [0.29, 0.717) is 37.4 Å². The molecule has 0 bridgehead atoms. The first-order valence-corrected chi connectivity index (χ1v) is 11.0. The van der Waals surface area contributed by atoms with Gasteiger partial charge in [-0.25, -0.2) is 12.8 Å². The minimum Gasteiger partial charge on any atom is -0.493 e. The Morgan fingerprint density at radius 1 is 1.13 bits per heavy atom. The lowest BCUT2D eigenvalue weighted by molar-refractivity contribution is -0.126. The molecule has 7 nitrogen and oxygen atoms in total. The third-order valence-electron chi connectivity index (χ3n) is 5.12. The molecule has 2 aromatic rings.